The van der Waals surface area contributed by atoms with Gasteiger partial charge in [0.1, 0.15) is 6.54 Å². The molecule has 0 unspecified atom stereocenters. The number of thioether (sulfide) groups is 1. The maximum atomic E-state index is 12.5. The summed E-state index contributed by atoms with van der Waals surface area (Å²) in [5, 5.41) is 13.9. The molecule has 0 saturated heterocycles. The van der Waals surface area contributed by atoms with Crippen LogP contribution in [0.4, 0.5) is 5.69 Å². The summed E-state index contributed by atoms with van der Waals surface area (Å²) in [6, 6.07) is 13.2. The molecule has 0 atom stereocenters. The molecule has 0 bridgehead atoms. The van der Waals surface area contributed by atoms with E-state index in [1.54, 1.807) is 24.3 Å². The highest BCUT2D eigenvalue weighted by Crippen LogP contribution is 2.15. The Hall–Kier alpha value is -3.20. The molecule has 2 aromatic heterocycles. The zero-order valence-electron chi connectivity index (χ0n) is 24.5. The second-order valence-electron chi connectivity index (χ2n) is 10.4. The molecule has 1 aromatic carbocycles. The summed E-state index contributed by atoms with van der Waals surface area (Å²) >= 11 is 1.35. The highest BCUT2D eigenvalue weighted by Gasteiger charge is 2.11. The van der Waals surface area contributed by atoms with Gasteiger partial charge in [0.25, 0.3) is 11.1 Å². The molecule has 3 aromatic rings. The second-order valence-corrected chi connectivity index (χ2v) is 11.2. The summed E-state index contributed by atoms with van der Waals surface area (Å²) in [6.45, 7) is 1.28. The molecular formula is C32H46N5O3S+. The molecule has 2 amide bonds. The third-order valence-electron chi connectivity index (χ3n) is 7.03. The van der Waals surface area contributed by atoms with E-state index in [1.807, 2.05) is 6.26 Å². The van der Waals surface area contributed by atoms with Crippen LogP contribution in [0.1, 0.15) is 106 Å². The van der Waals surface area contributed by atoms with Gasteiger partial charge in [-0.2, -0.15) is 0 Å². The highest BCUT2D eigenvalue weighted by molar-refractivity contribution is 7.98. The van der Waals surface area contributed by atoms with Gasteiger partial charge in [-0.3, -0.25) is 9.59 Å². The minimum atomic E-state index is -0.265. The van der Waals surface area contributed by atoms with Crippen LogP contribution >= 0.6 is 11.8 Å². The maximum Gasteiger partial charge on any atom is 0.276 e. The number of hydrogen-bond acceptors (Lipinski definition) is 6. The van der Waals surface area contributed by atoms with Crippen LogP contribution in [0, 0.1) is 0 Å². The predicted octanol–water partition coefficient (Wildman–Crippen LogP) is 7.11. The molecule has 0 aliphatic rings. The van der Waals surface area contributed by atoms with Crippen LogP contribution < -0.4 is 15.2 Å². The van der Waals surface area contributed by atoms with E-state index >= 15 is 0 Å². The summed E-state index contributed by atoms with van der Waals surface area (Å²) < 4.78 is 7.64. The van der Waals surface area contributed by atoms with E-state index in [1.165, 1.54) is 82.4 Å². The third-order valence-corrected chi connectivity index (χ3v) is 7.54. The molecule has 41 heavy (non-hydrogen) atoms. The lowest BCUT2D eigenvalue weighted by atomic mass is 10.0. The fourth-order valence-electron chi connectivity index (χ4n) is 4.72. The zero-order valence-corrected chi connectivity index (χ0v) is 25.3. The molecule has 222 valence electrons. The van der Waals surface area contributed by atoms with E-state index in [0.717, 1.165) is 19.4 Å². The first kappa shape index (κ1) is 32.3. The highest BCUT2D eigenvalue weighted by atomic mass is 32.2. The summed E-state index contributed by atoms with van der Waals surface area (Å²) in [7, 11) is 0. The average molecular weight is 581 g/mol. The Morgan fingerprint density at radius 1 is 0.805 bits per heavy atom. The number of carbonyl (C=O) groups excluding carboxylic acids is 2. The number of aromatic nitrogens is 3. The first-order valence-corrected chi connectivity index (χ1v) is 16.3. The van der Waals surface area contributed by atoms with E-state index in [-0.39, 0.29) is 18.4 Å². The number of unbranched alkanes of at least 4 members (excludes halogenated alkanes) is 12. The standard InChI is InChI=1S/C32H45N5O3S/c1-41-32-36-35-30(40-32)26-33-31(39)27-19-18-20-28(25-27)34-29(38)21-14-11-9-7-5-3-2-4-6-8-10-12-15-22-37-23-16-13-17-24-37/h13,16-20,23-25H,2-12,14-15,21-22,26H2,1H3,(H-,33,34,38,39)/p+1. The van der Waals surface area contributed by atoms with Crippen LogP contribution in [0.15, 0.2) is 64.5 Å². The number of carbonyl (C=O) groups is 2. The molecule has 9 heteroatoms. The van der Waals surface area contributed by atoms with Gasteiger partial charge in [-0.05, 0) is 37.3 Å². The van der Waals surface area contributed by atoms with Gasteiger partial charge >= 0.3 is 0 Å². The Labute approximate surface area is 249 Å². The number of amides is 2. The third kappa shape index (κ3) is 13.8. The van der Waals surface area contributed by atoms with E-state index in [0.29, 0.717) is 28.8 Å². The van der Waals surface area contributed by atoms with Crippen LogP contribution in [0.25, 0.3) is 0 Å². The molecule has 8 nitrogen and oxygen atoms in total. The molecule has 0 radical (unpaired) electrons. The van der Waals surface area contributed by atoms with Crippen molar-refractivity contribution in [3.63, 3.8) is 0 Å². The van der Waals surface area contributed by atoms with Crippen molar-refractivity contribution in [2.45, 2.75) is 108 Å². The normalized spacial score (nSPS) is 11.0. The number of aryl methyl sites for hydroxylation is 1. The second kappa shape index (κ2) is 19.8. The Morgan fingerprint density at radius 2 is 1.44 bits per heavy atom. The Balaban J connectivity index is 1.13. The molecule has 3 rings (SSSR count). The topological polar surface area (TPSA) is 101 Å². The van der Waals surface area contributed by atoms with Crippen molar-refractivity contribution in [3.8, 4) is 0 Å². The van der Waals surface area contributed by atoms with Gasteiger partial charge in [0.15, 0.2) is 12.4 Å². The molecule has 0 aliphatic carbocycles. The van der Waals surface area contributed by atoms with Crippen molar-refractivity contribution < 1.29 is 18.6 Å². The number of hydrogen-bond donors (Lipinski definition) is 2. The van der Waals surface area contributed by atoms with E-state index in [2.05, 4.69) is 56.0 Å². The fourth-order valence-corrected chi connectivity index (χ4v) is 5.02. The number of rotatable bonds is 21. The SMILES string of the molecule is CSc1nnc(CNC(=O)c2cccc(NC(=O)CCCCCCCCCCCCCCC[n+]3ccccc3)c2)o1. The van der Waals surface area contributed by atoms with Gasteiger partial charge in [-0.25, -0.2) is 4.57 Å². The predicted molar refractivity (Wildman–Crippen MR) is 164 cm³/mol. The molecule has 2 N–H and O–H groups in total. The fraction of sp³-hybridized carbons (Fsp3) is 0.531. The summed E-state index contributed by atoms with van der Waals surface area (Å²) in [5.41, 5.74) is 1.08. The molecule has 0 aliphatic heterocycles. The van der Waals surface area contributed by atoms with E-state index in [9.17, 15) is 9.59 Å². The van der Waals surface area contributed by atoms with E-state index < -0.39 is 0 Å². The van der Waals surface area contributed by atoms with Crippen molar-refractivity contribution in [3.05, 3.63) is 66.3 Å². The lowest BCUT2D eigenvalue weighted by Gasteiger charge is -2.08. The zero-order chi connectivity index (χ0) is 29.0. The van der Waals surface area contributed by atoms with Crippen molar-refractivity contribution in [2.75, 3.05) is 11.6 Å². The maximum absolute atomic E-state index is 12.5. The number of benzene rings is 1. The quantitative estimate of drug-likeness (QED) is 0.0791. The largest absolute Gasteiger partial charge is 0.414 e. The average Bonchev–Trinajstić information content (AvgIpc) is 3.47. The Kier molecular flexibility index (Phi) is 15.6. The lowest BCUT2D eigenvalue weighted by molar-refractivity contribution is -0.697. The number of anilines is 1. The van der Waals surface area contributed by atoms with Crippen LogP contribution in [-0.4, -0.2) is 28.3 Å². The van der Waals surface area contributed by atoms with Crippen LogP contribution in [0.2, 0.25) is 0 Å². The molecule has 2 heterocycles. The monoisotopic (exact) mass is 580 g/mol. The van der Waals surface area contributed by atoms with Gasteiger partial charge in [-0.15, -0.1) is 10.2 Å². The van der Waals surface area contributed by atoms with Gasteiger partial charge in [0.05, 0.1) is 6.54 Å². The Bertz CT molecular complexity index is 1150. The van der Waals surface area contributed by atoms with Gasteiger partial charge in [0.2, 0.25) is 11.8 Å². The smallest absolute Gasteiger partial charge is 0.276 e. The van der Waals surface area contributed by atoms with Crippen LogP contribution in [0.5, 0.6) is 0 Å². The summed E-state index contributed by atoms with van der Waals surface area (Å²) in [5.74, 6) is 0.0680. The van der Waals surface area contributed by atoms with Gasteiger partial charge in [-0.1, -0.05) is 88.1 Å². The van der Waals surface area contributed by atoms with Gasteiger partial charge in [0, 0.05) is 36.2 Å². The summed E-state index contributed by atoms with van der Waals surface area (Å²) in [4.78, 5) is 24.8. The lowest BCUT2D eigenvalue weighted by Crippen LogP contribution is -2.32. The molecular weight excluding hydrogens is 534 g/mol. The minimum absolute atomic E-state index is 0.0168. The molecule has 0 fully saturated rings. The summed E-state index contributed by atoms with van der Waals surface area (Å²) in [6.07, 6.45) is 23.0. The van der Waals surface area contributed by atoms with Crippen molar-refractivity contribution in [2.24, 2.45) is 0 Å². The van der Waals surface area contributed by atoms with E-state index in [4.69, 9.17) is 4.42 Å². The Morgan fingerprint density at radius 3 is 2.07 bits per heavy atom. The number of nitrogens with one attached hydrogen (secondary N) is 2. The van der Waals surface area contributed by atoms with Gasteiger partial charge < -0.3 is 15.1 Å². The van der Waals surface area contributed by atoms with Crippen molar-refractivity contribution in [1.29, 1.82) is 0 Å². The minimum Gasteiger partial charge on any atom is -0.414 e. The first-order valence-electron chi connectivity index (χ1n) is 15.1. The number of pyridine rings is 1. The van der Waals surface area contributed by atoms with Crippen molar-refractivity contribution >= 4 is 29.3 Å². The van der Waals surface area contributed by atoms with Crippen LogP contribution in [-0.2, 0) is 17.9 Å². The van der Waals surface area contributed by atoms with Crippen LogP contribution in [0.3, 0.4) is 0 Å². The molecule has 0 spiro atoms. The number of nitrogens with zero attached hydrogens (tertiary/aromatic N) is 3. The molecule has 0 saturated carbocycles. The van der Waals surface area contributed by atoms with Crippen molar-refractivity contribution in [1.82, 2.24) is 15.5 Å². The first-order chi connectivity index (χ1) is 20.1.